The third kappa shape index (κ3) is 3.86. The molecule has 0 radical (unpaired) electrons. The number of aryl methyl sites for hydroxylation is 1. The standard InChI is InChI=1S/C20H18F3N3O/c1-13-4-8-17(9-5-13)26-18(12-19(24-26)20(21,22)23)15-6-10-16(11-7-15)25(3)14(2)27/h4-12H,1-3H3. The SMILES string of the molecule is CC(=O)N(C)c1ccc(-c2cc(C(F)(F)F)nn2-c2ccc(C)cc2)cc1. The molecule has 27 heavy (non-hydrogen) atoms. The van der Waals surface area contributed by atoms with Crippen molar-refractivity contribution in [1.82, 2.24) is 9.78 Å². The lowest BCUT2D eigenvalue weighted by molar-refractivity contribution is -0.141. The Hall–Kier alpha value is -3.09. The molecule has 0 aliphatic heterocycles. The number of hydrogen-bond donors (Lipinski definition) is 0. The smallest absolute Gasteiger partial charge is 0.316 e. The van der Waals surface area contributed by atoms with Crippen LogP contribution in [0.5, 0.6) is 0 Å². The first-order chi connectivity index (χ1) is 12.7. The Morgan fingerprint density at radius 2 is 1.63 bits per heavy atom. The van der Waals surface area contributed by atoms with Crippen LogP contribution >= 0.6 is 0 Å². The molecule has 0 aliphatic carbocycles. The summed E-state index contributed by atoms with van der Waals surface area (Å²) >= 11 is 0. The van der Waals surface area contributed by atoms with Crippen molar-refractivity contribution in [2.45, 2.75) is 20.0 Å². The van der Waals surface area contributed by atoms with Gasteiger partial charge in [-0.25, -0.2) is 4.68 Å². The maximum absolute atomic E-state index is 13.2. The van der Waals surface area contributed by atoms with Gasteiger partial charge in [-0.05, 0) is 37.3 Å². The van der Waals surface area contributed by atoms with Gasteiger partial charge in [0.05, 0.1) is 11.4 Å². The number of amides is 1. The minimum absolute atomic E-state index is 0.133. The van der Waals surface area contributed by atoms with Gasteiger partial charge in [0.1, 0.15) is 0 Å². The Balaban J connectivity index is 2.09. The molecular formula is C20H18F3N3O. The van der Waals surface area contributed by atoms with Gasteiger partial charge in [0.2, 0.25) is 5.91 Å². The van der Waals surface area contributed by atoms with Crippen molar-refractivity contribution in [1.29, 1.82) is 0 Å². The van der Waals surface area contributed by atoms with E-state index in [-0.39, 0.29) is 5.91 Å². The number of carbonyl (C=O) groups excluding carboxylic acids is 1. The summed E-state index contributed by atoms with van der Waals surface area (Å²) in [6.45, 7) is 3.34. The fraction of sp³-hybridized carbons (Fsp3) is 0.200. The second-order valence-corrected chi connectivity index (χ2v) is 6.28. The molecule has 0 unspecified atom stereocenters. The van der Waals surface area contributed by atoms with Gasteiger partial charge in [-0.2, -0.15) is 18.3 Å². The van der Waals surface area contributed by atoms with Gasteiger partial charge >= 0.3 is 6.18 Å². The zero-order chi connectivity index (χ0) is 19.8. The van der Waals surface area contributed by atoms with Crippen LogP contribution in [0.4, 0.5) is 18.9 Å². The number of hydrogen-bond acceptors (Lipinski definition) is 2. The Morgan fingerprint density at radius 1 is 1.04 bits per heavy atom. The van der Waals surface area contributed by atoms with E-state index in [4.69, 9.17) is 0 Å². The monoisotopic (exact) mass is 373 g/mol. The molecule has 4 nitrogen and oxygen atoms in total. The third-order valence-electron chi connectivity index (χ3n) is 4.30. The molecule has 3 aromatic rings. The molecule has 0 spiro atoms. The quantitative estimate of drug-likeness (QED) is 0.658. The van der Waals surface area contributed by atoms with Crippen molar-refractivity contribution < 1.29 is 18.0 Å². The topological polar surface area (TPSA) is 38.1 Å². The van der Waals surface area contributed by atoms with Crippen LogP contribution in [0.3, 0.4) is 0 Å². The van der Waals surface area contributed by atoms with Crippen LogP contribution in [-0.2, 0) is 11.0 Å². The summed E-state index contributed by atoms with van der Waals surface area (Å²) in [7, 11) is 1.63. The predicted octanol–water partition coefficient (Wildman–Crippen LogP) is 4.85. The van der Waals surface area contributed by atoms with Gasteiger partial charge in [0.25, 0.3) is 0 Å². The summed E-state index contributed by atoms with van der Waals surface area (Å²) in [6.07, 6.45) is -4.54. The molecule has 0 fully saturated rings. The molecule has 0 saturated carbocycles. The lowest BCUT2D eigenvalue weighted by Crippen LogP contribution is -2.22. The van der Waals surface area contributed by atoms with Gasteiger partial charge in [0, 0.05) is 25.2 Å². The molecule has 0 aliphatic rings. The summed E-state index contributed by atoms with van der Waals surface area (Å²) < 4.78 is 40.9. The first-order valence-corrected chi connectivity index (χ1v) is 8.26. The van der Waals surface area contributed by atoms with Crippen LogP contribution in [-0.4, -0.2) is 22.7 Å². The van der Waals surface area contributed by atoms with E-state index in [2.05, 4.69) is 5.10 Å². The fourth-order valence-electron chi connectivity index (χ4n) is 2.65. The molecule has 3 rings (SSSR count). The predicted molar refractivity (Wildman–Crippen MR) is 97.8 cm³/mol. The molecular weight excluding hydrogens is 355 g/mol. The molecule has 1 aromatic heterocycles. The van der Waals surface area contributed by atoms with Crippen molar-refractivity contribution >= 4 is 11.6 Å². The molecule has 1 amide bonds. The highest BCUT2D eigenvalue weighted by Crippen LogP contribution is 2.33. The zero-order valence-corrected chi connectivity index (χ0v) is 15.1. The second-order valence-electron chi connectivity index (χ2n) is 6.28. The van der Waals surface area contributed by atoms with Crippen molar-refractivity contribution in [3.63, 3.8) is 0 Å². The Morgan fingerprint density at radius 3 is 2.15 bits per heavy atom. The fourth-order valence-corrected chi connectivity index (χ4v) is 2.65. The Bertz CT molecular complexity index is 958. The van der Waals surface area contributed by atoms with E-state index in [0.717, 1.165) is 11.6 Å². The first kappa shape index (κ1) is 18.7. The highest BCUT2D eigenvalue weighted by atomic mass is 19.4. The minimum atomic E-state index is -4.54. The number of nitrogens with zero attached hydrogens (tertiary/aromatic N) is 3. The van der Waals surface area contributed by atoms with Crippen molar-refractivity contribution in [2.24, 2.45) is 0 Å². The lowest BCUT2D eigenvalue weighted by Gasteiger charge is -2.15. The molecule has 0 bridgehead atoms. The Labute approximate surface area is 154 Å². The van der Waals surface area contributed by atoms with E-state index in [0.29, 0.717) is 22.6 Å². The van der Waals surface area contributed by atoms with Crippen LogP contribution in [0, 0.1) is 6.92 Å². The van der Waals surface area contributed by atoms with Gasteiger partial charge in [-0.3, -0.25) is 4.79 Å². The molecule has 140 valence electrons. The zero-order valence-electron chi connectivity index (χ0n) is 15.1. The number of aromatic nitrogens is 2. The third-order valence-corrected chi connectivity index (χ3v) is 4.30. The molecule has 0 atom stereocenters. The van der Waals surface area contributed by atoms with E-state index >= 15 is 0 Å². The van der Waals surface area contributed by atoms with Gasteiger partial charge in [-0.15, -0.1) is 0 Å². The average molecular weight is 373 g/mol. The van der Waals surface area contributed by atoms with E-state index in [1.54, 1.807) is 43.4 Å². The van der Waals surface area contributed by atoms with Gasteiger partial charge in [-0.1, -0.05) is 29.8 Å². The van der Waals surface area contributed by atoms with Gasteiger partial charge < -0.3 is 4.90 Å². The summed E-state index contributed by atoms with van der Waals surface area (Å²) in [5, 5.41) is 3.77. The molecule has 1 heterocycles. The minimum Gasteiger partial charge on any atom is -0.316 e. The normalized spacial score (nSPS) is 11.5. The lowest BCUT2D eigenvalue weighted by atomic mass is 10.1. The maximum atomic E-state index is 13.2. The van der Waals surface area contributed by atoms with Crippen LogP contribution in [0.1, 0.15) is 18.2 Å². The number of halogens is 3. The largest absolute Gasteiger partial charge is 0.435 e. The van der Waals surface area contributed by atoms with Crippen LogP contribution in [0.15, 0.2) is 54.6 Å². The maximum Gasteiger partial charge on any atom is 0.435 e. The summed E-state index contributed by atoms with van der Waals surface area (Å²) in [6, 6.07) is 14.9. The van der Waals surface area contributed by atoms with E-state index in [1.165, 1.54) is 16.5 Å². The molecule has 2 aromatic carbocycles. The molecule has 0 N–H and O–H groups in total. The van der Waals surface area contributed by atoms with Crippen molar-refractivity contribution in [3.05, 3.63) is 65.9 Å². The average Bonchev–Trinajstić information content (AvgIpc) is 3.07. The number of rotatable bonds is 3. The van der Waals surface area contributed by atoms with Crippen molar-refractivity contribution in [3.8, 4) is 16.9 Å². The van der Waals surface area contributed by atoms with Crippen molar-refractivity contribution in [2.75, 3.05) is 11.9 Å². The highest BCUT2D eigenvalue weighted by Gasteiger charge is 2.35. The van der Waals surface area contributed by atoms with Crippen LogP contribution in [0.2, 0.25) is 0 Å². The summed E-state index contributed by atoms with van der Waals surface area (Å²) in [5.41, 5.74) is 2.13. The summed E-state index contributed by atoms with van der Waals surface area (Å²) in [5.74, 6) is -0.133. The van der Waals surface area contributed by atoms with E-state index in [9.17, 15) is 18.0 Å². The number of alkyl halides is 3. The number of anilines is 1. The second kappa shape index (κ2) is 6.90. The Kier molecular flexibility index (Phi) is 4.78. The van der Waals surface area contributed by atoms with Crippen LogP contribution in [0.25, 0.3) is 16.9 Å². The molecule has 7 heteroatoms. The van der Waals surface area contributed by atoms with Crippen LogP contribution < -0.4 is 4.90 Å². The van der Waals surface area contributed by atoms with Gasteiger partial charge in [0.15, 0.2) is 5.69 Å². The first-order valence-electron chi connectivity index (χ1n) is 8.26. The van der Waals surface area contributed by atoms with E-state index in [1.807, 2.05) is 19.1 Å². The number of benzene rings is 2. The number of carbonyl (C=O) groups is 1. The summed E-state index contributed by atoms with van der Waals surface area (Å²) in [4.78, 5) is 12.9. The highest BCUT2D eigenvalue weighted by molar-refractivity contribution is 5.91. The van der Waals surface area contributed by atoms with E-state index < -0.39 is 11.9 Å². The molecule has 0 saturated heterocycles.